The van der Waals surface area contributed by atoms with Gasteiger partial charge in [0, 0.05) is 0 Å². The molecule has 0 atom stereocenters. The maximum Gasteiger partial charge on any atom is 0.241 e. The van der Waals surface area contributed by atoms with Gasteiger partial charge >= 0.3 is 0 Å². The zero-order chi connectivity index (χ0) is 10.1. The summed E-state index contributed by atoms with van der Waals surface area (Å²) in [5.41, 5.74) is 0. The van der Waals surface area contributed by atoms with E-state index in [1.807, 2.05) is 5.32 Å². The molecule has 0 aliphatic carbocycles. The van der Waals surface area contributed by atoms with Crippen molar-refractivity contribution in [3.63, 3.8) is 0 Å². The van der Waals surface area contributed by atoms with Gasteiger partial charge in [0.05, 0.1) is 18.8 Å². The molecule has 0 aromatic carbocycles. The van der Waals surface area contributed by atoms with E-state index < -0.39 is 21.8 Å². The number of piperazine rings is 1. The van der Waals surface area contributed by atoms with Crippen molar-refractivity contribution in [1.29, 1.82) is 0 Å². The van der Waals surface area contributed by atoms with Crippen LogP contribution in [0.1, 0.15) is 6.92 Å². The Morgan fingerprint density at radius 3 is 2.15 bits per heavy atom. The molecule has 1 saturated heterocycles. The Kier molecular flexibility index (Phi) is 2.67. The molecule has 0 aromatic heterocycles. The monoisotopic (exact) mass is 206 g/mol. The van der Waals surface area contributed by atoms with E-state index in [2.05, 4.69) is 0 Å². The lowest BCUT2D eigenvalue weighted by Gasteiger charge is -2.23. The van der Waals surface area contributed by atoms with Crippen molar-refractivity contribution in [2.24, 2.45) is 0 Å². The first-order valence-electron chi connectivity index (χ1n) is 3.76. The van der Waals surface area contributed by atoms with Crippen LogP contribution in [0, 0.1) is 0 Å². The Morgan fingerprint density at radius 1 is 1.31 bits per heavy atom. The fourth-order valence-corrected chi connectivity index (χ4v) is 1.98. The second-order valence-electron chi connectivity index (χ2n) is 2.64. The Morgan fingerprint density at radius 2 is 1.77 bits per heavy atom. The number of nitrogens with zero attached hydrogens (tertiary/aromatic N) is 1. The van der Waals surface area contributed by atoms with Crippen LogP contribution in [0.4, 0.5) is 0 Å². The lowest BCUT2D eigenvalue weighted by molar-refractivity contribution is -0.134. The summed E-state index contributed by atoms with van der Waals surface area (Å²) in [6.07, 6.45) is 0. The van der Waals surface area contributed by atoms with Crippen LogP contribution in [0.25, 0.3) is 0 Å². The number of hydrogen-bond acceptors (Lipinski definition) is 4. The van der Waals surface area contributed by atoms with E-state index in [1.54, 1.807) is 0 Å². The molecule has 6 nitrogen and oxygen atoms in total. The molecular weight excluding hydrogens is 196 g/mol. The van der Waals surface area contributed by atoms with Crippen LogP contribution < -0.4 is 5.32 Å². The highest BCUT2D eigenvalue weighted by atomic mass is 32.2. The summed E-state index contributed by atoms with van der Waals surface area (Å²) in [5, 5.41) is 2.02. The van der Waals surface area contributed by atoms with Crippen LogP contribution in [-0.4, -0.2) is 43.4 Å². The molecule has 2 amide bonds. The smallest absolute Gasteiger partial charge is 0.241 e. The molecule has 1 aliphatic rings. The minimum atomic E-state index is -3.44. The van der Waals surface area contributed by atoms with Gasteiger partial charge in [0.15, 0.2) is 0 Å². The topological polar surface area (TPSA) is 83.6 Å². The van der Waals surface area contributed by atoms with Gasteiger partial charge in [-0.15, -0.1) is 0 Å². The van der Waals surface area contributed by atoms with E-state index in [9.17, 15) is 18.0 Å². The van der Waals surface area contributed by atoms with E-state index in [0.29, 0.717) is 0 Å². The molecule has 0 unspecified atom stereocenters. The molecule has 0 aromatic rings. The summed E-state index contributed by atoms with van der Waals surface area (Å²) in [5.74, 6) is -1.25. The lowest BCUT2D eigenvalue weighted by atomic mass is 10.4. The standard InChI is InChI=1S/C6H10N2O4S/c1-2-13(11,12)8-3-5(9)7-6(10)4-8/h2-4H2,1H3,(H,7,9,10). The fraction of sp³-hybridized carbons (Fsp3) is 0.667. The second-order valence-corrected chi connectivity index (χ2v) is 4.90. The zero-order valence-electron chi connectivity index (χ0n) is 7.11. The van der Waals surface area contributed by atoms with Gasteiger partial charge in [-0.2, -0.15) is 4.31 Å². The van der Waals surface area contributed by atoms with Crippen molar-refractivity contribution < 1.29 is 18.0 Å². The molecule has 74 valence electrons. The molecule has 1 aliphatic heterocycles. The van der Waals surface area contributed by atoms with Crippen molar-refractivity contribution in [1.82, 2.24) is 9.62 Å². The van der Waals surface area contributed by atoms with Gasteiger partial charge in [0.2, 0.25) is 21.8 Å². The largest absolute Gasteiger partial charge is 0.294 e. The van der Waals surface area contributed by atoms with E-state index in [-0.39, 0.29) is 18.8 Å². The van der Waals surface area contributed by atoms with Crippen molar-refractivity contribution >= 4 is 21.8 Å². The Bertz CT molecular complexity index is 319. The second kappa shape index (κ2) is 3.43. The van der Waals surface area contributed by atoms with Gasteiger partial charge in [-0.1, -0.05) is 0 Å². The average molecular weight is 206 g/mol. The van der Waals surface area contributed by atoms with Gasteiger partial charge < -0.3 is 0 Å². The van der Waals surface area contributed by atoms with Crippen LogP contribution in [-0.2, 0) is 19.6 Å². The first-order chi connectivity index (χ1) is 5.95. The van der Waals surface area contributed by atoms with Gasteiger partial charge in [-0.25, -0.2) is 8.42 Å². The highest BCUT2D eigenvalue weighted by Gasteiger charge is 2.30. The molecule has 13 heavy (non-hydrogen) atoms. The number of amides is 2. The molecule has 0 radical (unpaired) electrons. The molecular formula is C6H10N2O4S. The minimum Gasteiger partial charge on any atom is -0.294 e. The van der Waals surface area contributed by atoms with Crippen LogP contribution >= 0.6 is 0 Å². The zero-order valence-corrected chi connectivity index (χ0v) is 7.93. The summed E-state index contributed by atoms with van der Waals surface area (Å²) in [6.45, 7) is 0.941. The van der Waals surface area contributed by atoms with Gasteiger partial charge in [0.25, 0.3) is 0 Å². The van der Waals surface area contributed by atoms with Crippen LogP contribution in [0.2, 0.25) is 0 Å². The van der Waals surface area contributed by atoms with E-state index >= 15 is 0 Å². The van der Waals surface area contributed by atoms with E-state index in [1.165, 1.54) is 6.92 Å². The number of hydrogen-bond donors (Lipinski definition) is 1. The third-order valence-corrected chi connectivity index (χ3v) is 3.45. The first-order valence-corrected chi connectivity index (χ1v) is 5.37. The molecule has 7 heteroatoms. The molecule has 1 rings (SSSR count). The van der Waals surface area contributed by atoms with Crippen molar-refractivity contribution in [3.05, 3.63) is 0 Å². The Labute approximate surface area is 76.0 Å². The molecule has 0 spiro atoms. The molecule has 0 saturated carbocycles. The van der Waals surface area contributed by atoms with Gasteiger partial charge in [0.1, 0.15) is 0 Å². The lowest BCUT2D eigenvalue weighted by Crippen LogP contribution is -2.53. The maximum absolute atomic E-state index is 11.2. The summed E-state index contributed by atoms with van der Waals surface area (Å²) >= 11 is 0. The predicted molar refractivity (Wildman–Crippen MR) is 44.2 cm³/mol. The highest BCUT2D eigenvalue weighted by Crippen LogP contribution is 2.03. The summed E-state index contributed by atoms with van der Waals surface area (Å²) in [7, 11) is -3.44. The highest BCUT2D eigenvalue weighted by molar-refractivity contribution is 7.89. The van der Waals surface area contributed by atoms with E-state index in [4.69, 9.17) is 0 Å². The predicted octanol–water partition coefficient (Wildman–Crippen LogP) is -1.71. The fourth-order valence-electron chi connectivity index (χ4n) is 0.990. The quantitative estimate of drug-likeness (QED) is 0.545. The van der Waals surface area contributed by atoms with Crippen molar-refractivity contribution in [3.8, 4) is 0 Å². The molecule has 1 N–H and O–H groups in total. The van der Waals surface area contributed by atoms with Crippen LogP contribution in [0.3, 0.4) is 0 Å². The minimum absolute atomic E-state index is 0.104. The van der Waals surface area contributed by atoms with Gasteiger partial charge in [-0.3, -0.25) is 14.9 Å². The first kappa shape index (κ1) is 10.1. The summed E-state index contributed by atoms with van der Waals surface area (Å²) < 4.78 is 23.4. The third-order valence-electron chi connectivity index (χ3n) is 1.68. The normalized spacial score (nSPS) is 20.1. The number of carbonyl (C=O) groups excluding carboxylic acids is 2. The molecule has 1 heterocycles. The molecule has 0 bridgehead atoms. The number of imide groups is 1. The Hall–Kier alpha value is -0.950. The number of carbonyl (C=O) groups is 2. The van der Waals surface area contributed by atoms with E-state index in [0.717, 1.165) is 4.31 Å². The summed E-state index contributed by atoms with van der Waals surface area (Å²) in [4.78, 5) is 21.6. The SMILES string of the molecule is CCS(=O)(=O)N1CC(=O)NC(=O)C1. The number of sulfonamides is 1. The van der Waals surface area contributed by atoms with Crippen molar-refractivity contribution in [2.75, 3.05) is 18.8 Å². The summed E-state index contributed by atoms with van der Waals surface area (Å²) in [6, 6.07) is 0. The maximum atomic E-state index is 11.2. The number of nitrogens with one attached hydrogen (secondary N) is 1. The van der Waals surface area contributed by atoms with Crippen molar-refractivity contribution in [2.45, 2.75) is 6.92 Å². The van der Waals surface area contributed by atoms with Crippen LogP contribution in [0.15, 0.2) is 0 Å². The van der Waals surface area contributed by atoms with Crippen LogP contribution in [0.5, 0.6) is 0 Å². The average Bonchev–Trinajstić information content (AvgIpc) is 2.02. The number of rotatable bonds is 2. The Balaban J connectivity index is 2.83. The molecule has 1 fully saturated rings. The third kappa shape index (κ3) is 2.25. The van der Waals surface area contributed by atoms with Gasteiger partial charge in [-0.05, 0) is 6.92 Å².